The van der Waals surface area contributed by atoms with Crippen LogP contribution >= 0.6 is 0 Å². The van der Waals surface area contributed by atoms with Gasteiger partial charge in [-0.1, -0.05) is 0 Å². The Balaban J connectivity index is 2.47. The quantitative estimate of drug-likeness (QED) is 0.592. The highest BCUT2D eigenvalue weighted by Gasteiger charge is 2.33. The van der Waals surface area contributed by atoms with Crippen LogP contribution in [0.5, 0.6) is 0 Å². The monoisotopic (exact) mass is 229 g/mol. The summed E-state index contributed by atoms with van der Waals surface area (Å²) in [6, 6.07) is 0.746. The molecule has 0 aromatic rings. The lowest BCUT2D eigenvalue weighted by atomic mass is 10.1. The predicted octanol–water partition coefficient (Wildman–Crippen LogP) is -0.439. The molecular formula is C11H23N3O2. The van der Waals surface area contributed by atoms with Crippen LogP contribution in [0.15, 0.2) is 0 Å². The van der Waals surface area contributed by atoms with E-state index in [9.17, 15) is 4.79 Å². The topological polar surface area (TPSA) is 67.6 Å². The molecule has 16 heavy (non-hydrogen) atoms. The first kappa shape index (κ1) is 13.4. The summed E-state index contributed by atoms with van der Waals surface area (Å²) >= 11 is 0. The van der Waals surface area contributed by atoms with E-state index >= 15 is 0 Å². The Morgan fingerprint density at radius 3 is 2.75 bits per heavy atom. The highest BCUT2D eigenvalue weighted by Crippen LogP contribution is 2.28. The Hall–Kier alpha value is -0.650. The lowest BCUT2D eigenvalue weighted by molar-refractivity contribution is -0.121. The van der Waals surface area contributed by atoms with Crippen molar-refractivity contribution in [2.24, 2.45) is 5.73 Å². The molecule has 0 aromatic carbocycles. The SMILES string of the molecule is CNC(=O)CC(CN)N(CCOC)C1CC1. The fraction of sp³-hybridized carbons (Fsp3) is 0.909. The normalized spacial score (nSPS) is 17.5. The molecular weight excluding hydrogens is 206 g/mol. The summed E-state index contributed by atoms with van der Waals surface area (Å²) in [5.74, 6) is 0.0542. The maximum absolute atomic E-state index is 11.4. The van der Waals surface area contributed by atoms with Crippen LogP contribution in [0, 0.1) is 0 Å². The molecule has 1 aliphatic carbocycles. The van der Waals surface area contributed by atoms with Crippen molar-refractivity contribution in [2.45, 2.75) is 31.3 Å². The fourth-order valence-electron chi connectivity index (χ4n) is 1.92. The summed E-state index contributed by atoms with van der Waals surface area (Å²) in [6.07, 6.45) is 2.91. The molecule has 5 nitrogen and oxygen atoms in total. The van der Waals surface area contributed by atoms with Gasteiger partial charge in [-0.15, -0.1) is 0 Å². The zero-order valence-corrected chi connectivity index (χ0v) is 10.2. The Bertz CT molecular complexity index is 219. The first-order chi connectivity index (χ1) is 7.72. The van der Waals surface area contributed by atoms with E-state index < -0.39 is 0 Å². The maximum atomic E-state index is 11.4. The summed E-state index contributed by atoms with van der Waals surface area (Å²) in [5, 5.41) is 2.65. The molecule has 1 amide bonds. The molecule has 0 heterocycles. The molecule has 1 fully saturated rings. The molecule has 1 rings (SSSR count). The summed E-state index contributed by atoms with van der Waals surface area (Å²) < 4.78 is 5.09. The van der Waals surface area contributed by atoms with Crippen molar-refractivity contribution in [3.63, 3.8) is 0 Å². The number of nitrogens with two attached hydrogens (primary N) is 1. The van der Waals surface area contributed by atoms with Crippen molar-refractivity contribution in [3.8, 4) is 0 Å². The summed E-state index contributed by atoms with van der Waals surface area (Å²) in [7, 11) is 3.35. The molecule has 0 aliphatic heterocycles. The van der Waals surface area contributed by atoms with Crippen LogP contribution in [-0.4, -0.2) is 56.7 Å². The minimum atomic E-state index is 0.0542. The van der Waals surface area contributed by atoms with Crippen LogP contribution in [0.4, 0.5) is 0 Å². The highest BCUT2D eigenvalue weighted by atomic mass is 16.5. The van der Waals surface area contributed by atoms with Gasteiger partial charge in [0.15, 0.2) is 0 Å². The molecule has 0 saturated heterocycles. The zero-order valence-electron chi connectivity index (χ0n) is 10.2. The van der Waals surface area contributed by atoms with Crippen molar-refractivity contribution in [2.75, 3.05) is 33.9 Å². The average molecular weight is 229 g/mol. The van der Waals surface area contributed by atoms with Gasteiger partial charge in [0, 0.05) is 45.8 Å². The lowest BCUT2D eigenvalue weighted by Gasteiger charge is -2.30. The minimum absolute atomic E-state index is 0.0542. The summed E-state index contributed by atoms with van der Waals surface area (Å²) in [4.78, 5) is 13.7. The van der Waals surface area contributed by atoms with Crippen molar-refractivity contribution < 1.29 is 9.53 Å². The number of hydrogen-bond acceptors (Lipinski definition) is 4. The second-order valence-corrected chi connectivity index (χ2v) is 4.23. The number of carbonyl (C=O) groups excluding carboxylic acids is 1. The summed E-state index contributed by atoms with van der Waals surface area (Å²) in [5.41, 5.74) is 5.75. The predicted molar refractivity (Wildman–Crippen MR) is 63.1 cm³/mol. The van der Waals surface area contributed by atoms with Gasteiger partial charge in [0.1, 0.15) is 0 Å². The van der Waals surface area contributed by atoms with Gasteiger partial charge >= 0.3 is 0 Å². The number of rotatable bonds is 8. The standard InChI is InChI=1S/C11H23N3O2/c1-13-11(15)7-10(8-12)14(5-6-16-2)9-3-4-9/h9-10H,3-8,12H2,1-2H3,(H,13,15). The van der Waals surface area contributed by atoms with Gasteiger partial charge in [-0.2, -0.15) is 0 Å². The van der Waals surface area contributed by atoms with Gasteiger partial charge in [-0.25, -0.2) is 0 Å². The summed E-state index contributed by atoms with van der Waals surface area (Å²) in [6.45, 7) is 2.08. The van der Waals surface area contributed by atoms with Gasteiger partial charge in [0.05, 0.1) is 6.61 Å². The highest BCUT2D eigenvalue weighted by molar-refractivity contribution is 5.76. The van der Waals surface area contributed by atoms with Gasteiger partial charge in [-0.3, -0.25) is 9.69 Å². The van der Waals surface area contributed by atoms with E-state index in [0.717, 1.165) is 6.54 Å². The second-order valence-electron chi connectivity index (χ2n) is 4.23. The molecule has 1 atom stereocenters. The molecule has 0 bridgehead atoms. The number of amides is 1. The van der Waals surface area contributed by atoms with Crippen molar-refractivity contribution in [3.05, 3.63) is 0 Å². The van der Waals surface area contributed by atoms with E-state index in [4.69, 9.17) is 10.5 Å². The molecule has 1 aliphatic rings. The number of ether oxygens (including phenoxy) is 1. The molecule has 3 N–H and O–H groups in total. The van der Waals surface area contributed by atoms with E-state index in [2.05, 4.69) is 10.2 Å². The second kappa shape index (κ2) is 6.83. The van der Waals surface area contributed by atoms with Gasteiger partial charge < -0.3 is 15.8 Å². The van der Waals surface area contributed by atoms with E-state index in [1.807, 2.05) is 0 Å². The average Bonchev–Trinajstić information content (AvgIpc) is 3.11. The number of methoxy groups -OCH3 is 1. The van der Waals surface area contributed by atoms with Crippen LogP contribution in [-0.2, 0) is 9.53 Å². The van der Waals surface area contributed by atoms with E-state index in [1.165, 1.54) is 12.8 Å². The molecule has 0 aromatic heterocycles. The van der Waals surface area contributed by atoms with Gasteiger partial charge in [0.2, 0.25) is 5.91 Å². The number of nitrogens with one attached hydrogen (secondary N) is 1. The Morgan fingerprint density at radius 2 is 2.31 bits per heavy atom. The van der Waals surface area contributed by atoms with E-state index in [1.54, 1.807) is 14.2 Å². The molecule has 94 valence electrons. The van der Waals surface area contributed by atoms with Crippen molar-refractivity contribution in [1.29, 1.82) is 0 Å². The number of hydrogen-bond donors (Lipinski definition) is 2. The molecule has 1 saturated carbocycles. The Labute approximate surface area is 97.3 Å². The first-order valence-corrected chi connectivity index (χ1v) is 5.88. The number of nitrogens with zero attached hydrogens (tertiary/aromatic N) is 1. The van der Waals surface area contributed by atoms with Gasteiger partial charge in [0.25, 0.3) is 0 Å². The van der Waals surface area contributed by atoms with Crippen LogP contribution in [0.2, 0.25) is 0 Å². The van der Waals surface area contributed by atoms with E-state index in [0.29, 0.717) is 25.6 Å². The Kier molecular flexibility index (Phi) is 5.73. The third-order valence-electron chi connectivity index (χ3n) is 3.01. The molecule has 0 radical (unpaired) electrons. The maximum Gasteiger partial charge on any atom is 0.221 e. The Morgan fingerprint density at radius 1 is 1.62 bits per heavy atom. The smallest absolute Gasteiger partial charge is 0.221 e. The molecule has 5 heteroatoms. The molecule has 0 spiro atoms. The number of carbonyl (C=O) groups is 1. The van der Waals surface area contributed by atoms with Crippen LogP contribution in [0.3, 0.4) is 0 Å². The third kappa shape index (κ3) is 4.08. The zero-order chi connectivity index (χ0) is 12.0. The van der Waals surface area contributed by atoms with Gasteiger partial charge in [-0.05, 0) is 12.8 Å². The minimum Gasteiger partial charge on any atom is -0.383 e. The van der Waals surface area contributed by atoms with Crippen molar-refractivity contribution in [1.82, 2.24) is 10.2 Å². The van der Waals surface area contributed by atoms with Crippen LogP contribution in [0.1, 0.15) is 19.3 Å². The molecule has 1 unspecified atom stereocenters. The largest absolute Gasteiger partial charge is 0.383 e. The van der Waals surface area contributed by atoms with Crippen molar-refractivity contribution >= 4 is 5.91 Å². The third-order valence-corrected chi connectivity index (χ3v) is 3.01. The fourth-order valence-corrected chi connectivity index (χ4v) is 1.92. The lowest BCUT2D eigenvalue weighted by Crippen LogP contribution is -2.46. The first-order valence-electron chi connectivity index (χ1n) is 5.88. The van der Waals surface area contributed by atoms with Crippen LogP contribution < -0.4 is 11.1 Å². The van der Waals surface area contributed by atoms with E-state index in [-0.39, 0.29) is 11.9 Å². The van der Waals surface area contributed by atoms with Crippen LogP contribution in [0.25, 0.3) is 0 Å².